The van der Waals surface area contributed by atoms with Gasteiger partial charge in [-0.3, -0.25) is 4.79 Å². The number of rotatable bonds is 3. The maximum Gasteiger partial charge on any atom is 0.275 e. The number of aromatic nitrogens is 2. The first kappa shape index (κ1) is 13.6. The van der Waals surface area contributed by atoms with E-state index >= 15 is 0 Å². The van der Waals surface area contributed by atoms with Crippen molar-refractivity contribution in [3.05, 3.63) is 51.9 Å². The first-order valence-electron chi connectivity index (χ1n) is 6.01. The summed E-state index contributed by atoms with van der Waals surface area (Å²) in [6.07, 6.45) is 0. The van der Waals surface area contributed by atoms with E-state index in [1.165, 1.54) is 10.2 Å². The SMILES string of the molecule is CC(C)c1ccc(-n2nc(CCl)c(O)cc2=O)cc1. The van der Waals surface area contributed by atoms with Crippen molar-refractivity contribution in [3.8, 4) is 11.4 Å². The van der Waals surface area contributed by atoms with Gasteiger partial charge in [0.05, 0.1) is 11.6 Å². The molecule has 2 aromatic rings. The van der Waals surface area contributed by atoms with Crippen molar-refractivity contribution in [1.82, 2.24) is 9.78 Å². The summed E-state index contributed by atoms with van der Waals surface area (Å²) in [6.45, 7) is 4.21. The zero-order valence-electron chi connectivity index (χ0n) is 10.8. The zero-order valence-corrected chi connectivity index (χ0v) is 11.6. The third-order valence-electron chi connectivity index (χ3n) is 2.92. The number of hydrogen-bond acceptors (Lipinski definition) is 3. The average molecular weight is 279 g/mol. The lowest BCUT2D eigenvalue weighted by molar-refractivity contribution is 0.460. The largest absolute Gasteiger partial charge is 0.506 e. The second-order valence-electron chi connectivity index (χ2n) is 4.61. The molecule has 0 radical (unpaired) electrons. The molecular weight excluding hydrogens is 264 g/mol. The maximum atomic E-state index is 11.8. The van der Waals surface area contributed by atoms with Crippen LogP contribution >= 0.6 is 11.6 Å². The van der Waals surface area contributed by atoms with Crippen molar-refractivity contribution in [2.75, 3.05) is 0 Å². The normalized spacial score (nSPS) is 10.9. The summed E-state index contributed by atoms with van der Waals surface area (Å²) in [5, 5.41) is 13.6. The minimum absolute atomic E-state index is 0.0518. The minimum Gasteiger partial charge on any atom is -0.506 e. The van der Waals surface area contributed by atoms with Crippen LogP contribution in [-0.2, 0) is 5.88 Å². The van der Waals surface area contributed by atoms with Crippen LogP contribution in [0.25, 0.3) is 5.69 Å². The lowest BCUT2D eigenvalue weighted by atomic mass is 10.0. The fourth-order valence-corrected chi connectivity index (χ4v) is 1.95. The second kappa shape index (κ2) is 5.45. The third-order valence-corrected chi connectivity index (χ3v) is 3.17. The standard InChI is InChI=1S/C14H15ClN2O2/c1-9(2)10-3-5-11(6-4-10)17-14(19)7-13(18)12(8-15)16-17/h3-7,9,18H,8H2,1-2H3. The van der Waals surface area contributed by atoms with Crippen LogP contribution in [0.4, 0.5) is 0 Å². The van der Waals surface area contributed by atoms with Crippen molar-refractivity contribution in [2.45, 2.75) is 25.6 Å². The summed E-state index contributed by atoms with van der Waals surface area (Å²) in [7, 11) is 0. The molecule has 0 unspecified atom stereocenters. The van der Waals surface area contributed by atoms with E-state index in [2.05, 4.69) is 18.9 Å². The Balaban J connectivity index is 2.49. The van der Waals surface area contributed by atoms with Crippen molar-refractivity contribution in [1.29, 1.82) is 0 Å². The monoisotopic (exact) mass is 278 g/mol. The fraction of sp³-hybridized carbons (Fsp3) is 0.286. The molecular formula is C14H15ClN2O2. The van der Waals surface area contributed by atoms with Gasteiger partial charge in [-0.2, -0.15) is 9.78 Å². The van der Waals surface area contributed by atoms with Crippen LogP contribution in [0, 0.1) is 0 Å². The second-order valence-corrected chi connectivity index (χ2v) is 4.87. The Kier molecular flexibility index (Phi) is 3.90. The smallest absolute Gasteiger partial charge is 0.275 e. The number of alkyl halides is 1. The summed E-state index contributed by atoms with van der Waals surface area (Å²) in [6, 6.07) is 8.71. The fourth-order valence-electron chi connectivity index (χ4n) is 1.76. The van der Waals surface area contributed by atoms with Crippen molar-refractivity contribution in [2.24, 2.45) is 0 Å². The predicted octanol–water partition coefficient (Wildman–Crippen LogP) is 2.80. The van der Waals surface area contributed by atoms with Gasteiger partial charge in [0.2, 0.25) is 0 Å². The Morgan fingerprint density at radius 3 is 2.47 bits per heavy atom. The molecule has 4 nitrogen and oxygen atoms in total. The Bertz CT molecular complexity index is 633. The van der Waals surface area contributed by atoms with Gasteiger partial charge in [-0.15, -0.1) is 11.6 Å². The van der Waals surface area contributed by atoms with Crippen LogP contribution in [0.5, 0.6) is 5.75 Å². The van der Waals surface area contributed by atoms with Crippen molar-refractivity contribution in [3.63, 3.8) is 0 Å². The molecule has 2 rings (SSSR count). The molecule has 1 aromatic heterocycles. The molecule has 0 aliphatic heterocycles. The van der Waals surface area contributed by atoms with Crippen LogP contribution in [0.15, 0.2) is 35.1 Å². The third kappa shape index (κ3) is 2.79. The van der Waals surface area contributed by atoms with E-state index in [9.17, 15) is 9.90 Å². The van der Waals surface area contributed by atoms with Gasteiger partial charge in [0.1, 0.15) is 11.4 Å². The van der Waals surface area contributed by atoms with E-state index in [0.29, 0.717) is 11.6 Å². The maximum absolute atomic E-state index is 11.8. The van der Waals surface area contributed by atoms with Crippen LogP contribution in [0.2, 0.25) is 0 Å². The van der Waals surface area contributed by atoms with E-state index in [-0.39, 0.29) is 22.9 Å². The van der Waals surface area contributed by atoms with Crippen LogP contribution in [0.1, 0.15) is 31.0 Å². The summed E-state index contributed by atoms with van der Waals surface area (Å²) in [5.74, 6) is 0.308. The van der Waals surface area contributed by atoms with E-state index < -0.39 is 0 Å². The molecule has 1 aromatic carbocycles. The highest BCUT2D eigenvalue weighted by molar-refractivity contribution is 6.17. The Morgan fingerprint density at radius 1 is 1.32 bits per heavy atom. The molecule has 0 saturated heterocycles. The van der Waals surface area contributed by atoms with E-state index in [1.54, 1.807) is 0 Å². The highest BCUT2D eigenvalue weighted by atomic mass is 35.5. The van der Waals surface area contributed by atoms with Gasteiger partial charge >= 0.3 is 0 Å². The van der Waals surface area contributed by atoms with Gasteiger partial charge in [0, 0.05) is 6.07 Å². The van der Waals surface area contributed by atoms with Crippen LogP contribution in [-0.4, -0.2) is 14.9 Å². The first-order chi connectivity index (χ1) is 9.02. The molecule has 0 fully saturated rings. The predicted molar refractivity (Wildman–Crippen MR) is 75.1 cm³/mol. The topological polar surface area (TPSA) is 55.1 Å². The summed E-state index contributed by atoms with van der Waals surface area (Å²) in [4.78, 5) is 11.8. The summed E-state index contributed by atoms with van der Waals surface area (Å²) in [5.41, 5.74) is 1.74. The van der Waals surface area contributed by atoms with E-state index in [0.717, 1.165) is 6.07 Å². The quantitative estimate of drug-likeness (QED) is 0.879. The van der Waals surface area contributed by atoms with Crippen LogP contribution in [0.3, 0.4) is 0 Å². The molecule has 100 valence electrons. The number of hydrogen-bond donors (Lipinski definition) is 1. The van der Waals surface area contributed by atoms with E-state index in [4.69, 9.17) is 11.6 Å². The molecule has 5 heteroatoms. The molecule has 0 bridgehead atoms. The number of aromatic hydroxyl groups is 1. The number of benzene rings is 1. The molecule has 1 heterocycles. The molecule has 0 aliphatic rings. The van der Waals surface area contributed by atoms with Crippen LogP contribution < -0.4 is 5.56 Å². The van der Waals surface area contributed by atoms with Gasteiger partial charge in [0.25, 0.3) is 5.56 Å². The Hall–Kier alpha value is -1.81. The molecule has 1 N–H and O–H groups in total. The van der Waals surface area contributed by atoms with Crippen molar-refractivity contribution >= 4 is 11.6 Å². The zero-order chi connectivity index (χ0) is 14.0. The highest BCUT2D eigenvalue weighted by Crippen LogP contribution is 2.17. The number of halogens is 1. The lowest BCUT2D eigenvalue weighted by Gasteiger charge is -2.09. The summed E-state index contributed by atoms with van der Waals surface area (Å²) >= 11 is 5.67. The molecule has 19 heavy (non-hydrogen) atoms. The van der Waals surface area contributed by atoms with Gasteiger partial charge in [-0.1, -0.05) is 26.0 Å². The van der Waals surface area contributed by atoms with Gasteiger partial charge in [-0.25, -0.2) is 0 Å². The molecule has 0 amide bonds. The molecule has 0 aliphatic carbocycles. The summed E-state index contributed by atoms with van der Waals surface area (Å²) < 4.78 is 1.24. The highest BCUT2D eigenvalue weighted by Gasteiger charge is 2.08. The van der Waals surface area contributed by atoms with Crippen molar-refractivity contribution < 1.29 is 5.11 Å². The molecule has 0 saturated carbocycles. The molecule has 0 atom stereocenters. The van der Waals surface area contributed by atoms with Gasteiger partial charge in [0.15, 0.2) is 0 Å². The average Bonchev–Trinajstić information content (AvgIpc) is 2.39. The Labute approximate surface area is 116 Å². The minimum atomic E-state index is -0.385. The first-order valence-corrected chi connectivity index (χ1v) is 6.55. The lowest BCUT2D eigenvalue weighted by Crippen LogP contribution is -2.21. The molecule has 0 spiro atoms. The van der Waals surface area contributed by atoms with Gasteiger partial charge in [-0.05, 0) is 23.6 Å². The van der Waals surface area contributed by atoms with E-state index in [1.807, 2.05) is 24.3 Å². The van der Waals surface area contributed by atoms with Gasteiger partial charge < -0.3 is 5.11 Å². The Morgan fingerprint density at radius 2 is 1.95 bits per heavy atom. The number of nitrogens with zero attached hydrogens (tertiary/aromatic N) is 2.